The van der Waals surface area contributed by atoms with E-state index < -0.39 is 0 Å². The molecule has 0 saturated carbocycles. The Bertz CT molecular complexity index is 475. The smallest absolute Gasteiger partial charge is 0.0679 e. The van der Waals surface area contributed by atoms with Gasteiger partial charge in [-0.2, -0.15) is 5.10 Å². The van der Waals surface area contributed by atoms with E-state index in [2.05, 4.69) is 36.2 Å². The first-order chi connectivity index (χ1) is 8.24. The maximum Gasteiger partial charge on any atom is 0.0679 e. The Labute approximate surface area is 102 Å². The molecule has 4 heteroatoms. The lowest BCUT2D eigenvalue weighted by Crippen LogP contribution is -2.18. The zero-order valence-electron chi connectivity index (χ0n) is 10.5. The Balaban J connectivity index is 2.33. The molecule has 2 aromatic rings. The maximum absolute atomic E-state index is 4.44. The highest BCUT2D eigenvalue weighted by Crippen LogP contribution is 2.19. The standard InChI is InChI=1S/C13H18N4/c1-4-15-10(2)13-9-16-17(11(13)3)12-5-7-14-8-6-12/h5-10,15H,4H2,1-3H3. The lowest BCUT2D eigenvalue weighted by Gasteiger charge is -2.12. The average Bonchev–Trinajstić information content (AvgIpc) is 2.72. The first kappa shape index (κ1) is 11.8. The van der Waals surface area contributed by atoms with Crippen molar-refractivity contribution in [1.82, 2.24) is 20.1 Å². The van der Waals surface area contributed by atoms with E-state index in [1.54, 1.807) is 12.4 Å². The largest absolute Gasteiger partial charge is 0.310 e. The number of nitrogens with zero attached hydrogens (tertiary/aromatic N) is 3. The van der Waals surface area contributed by atoms with Crippen molar-refractivity contribution in [3.8, 4) is 5.69 Å². The Kier molecular flexibility index (Phi) is 3.54. The van der Waals surface area contributed by atoms with E-state index in [-0.39, 0.29) is 0 Å². The van der Waals surface area contributed by atoms with Gasteiger partial charge in [-0.05, 0) is 32.5 Å². The van der Waals surface area contributed by atoms with Crippen LogP contribution in [0.25, 0.3) is 5.69 Å². The molecule has 0 aromatic carbocycles. The van der Waals surface area contributed by atoms with Gasteiger partial charge >= 0.3 is 0 Å². The molecule has 0 fully saturated rings. The van der Waals surface area contributed by atoms with Crippen LogP contribution < -0.4 is 5.32 Å². The molecule has 4 nitrogen and oxygen atoms in total. The molecule has 1 atom stereocenters. The summed E-state index contributed by atoms with van der Waals surface area (Å²) in [6.45, 7) is 7.32. The summed E-state index contributed by atoms with van der Waals surface area (Å²) in [6.07, 6.45) is 5.50. The van der Waals surface area contributed by atoms with Gasteiger partial charge in [0.15, 0.2) is 0 Å². The van der Waals surface area contributed by atoms with E-state index in [0.717, 1.165) is 12.2 Å². The minimum absolute atomic E-state index is 0.329. The predicted molar refractivity (Wildman–Crippen MR) is 68.2 cm³/mol. The van der Waals surface area contributed by atoms with Gasteiger partial charge in [0.25, 0.3) is 0 Å². The summed E-state index contributed by atoms with van der Waals surface area (Å²) in [5.74, 6) is 0. The summed E-state index contributed by atoms with van der Waals surface area (Å²) in [4.78, 5) is 4.02. The summed E-state index contributed by atoms with van der Waals surface area (Å²) in [5.41, 5.74) is 3.46. The molecule has 0 aliphatic carbocycles. The molecule has 1 unspecified atom stereocenters. The first-order valence-corrected chi connectivity index (χ1v) is 5.92. The highest BCUT2D eigenvalue weighted by atomic mass is 15.3. The molecular weight excluding hydrogens is 212 g/mol. The Morgan fingerprint density at radius 2 is 2.06 bits per heavy atom. The highest BCUT2D eigenvalue weighted by Gasteiger charge is 2.12. The van der Waals surface area contributed by atoms with Crippen LogP contribution in [0, 0.1) is 6.92 Å². The van der Waals surface area contributed by atoms with Gasteiger partial charge in [-0.25, -0.2) is 4.68 Å². The summed E-state index contributed by atoms with van der Waals surface area (Å²) < 4.78 is 1.95. The zero-order valence-corrected chi connectivity index (χ0v) is 10.5. The molecule has 2 heterocycles. The summed E-state index contributed by atoms with van der Waals surface area (Å²) in [7, 11) is 0. The Morgan fingerprint density at radius 1 is 1.35 bits per heavy atom. The molecule has 0 saturated heterocycles. The molecule has 0 amide bonds. The van der Waals surface area contributed by atoms with Crippen molar-refractivity contribution in [1.29, 1.82) is 0 Å². The quantitative estimate of drug-likeness (QED) is 0.876. The normalized spacial score (nSPS) is 12.6. The second kappa shape index (κ2) is 5.10. The minimum atomic E-state index is 0.329. The molecule has 90 valence electrons. The SMILES string of the molecule is CCNC(C)c1cnn(-c2ccncc2)c1C. The number of pyridine rings is 1. The predicted octanol–water partition coefficient (Wildman–Crippen LogP) is 2.25. The van der Waals surface area contributed by atoms with Gasteiger partial charge in [-0.3, -0.25) is 4.98 Å². The van der Waals surface area contributed by atoms with Crippen molar-refractivity contribution in [3.05, 3.63) is 42.0 Å². The molecular formula is C13H18N4. The van der Waals surface area contributed by atoms with Crippen molar-refractivity contribution in [2.45, 2.75) is 26.8 Å². The summed E-state index contributed by atoms with van der Waals surface area (Å²) in [5, 5.41) is 7.84. The zero-order chi connectivity index (χ0) is 12.3. The van der Waals surface area contributed by atoms with Gasteiger partial charge in [0, 0.05) is 29.7 Å². The van der Waals surface area contributed by atoms with Gasteiger partial charge in [0.1, 0.15) is 0 Å². The number of aromatic nitrogens is 3. The van der Waals surface area contributed by atoms with Crippen LogP contribution in [0.2, 0.25) is 0 Å². The van der Waals surface area contributed by atoms with Crippen LogP contribution in [-0.2, 0) is 0 Å². The topological polar surface area (TPSA) is 42.7 Å². The second-order valence-corrected chi connectivity index (χ2v) is 4.08. The van der Waals surface area contributed by atoms with Crippen molar-refractivity contribution in [3.63, 3.8) is 0 Å². The molecule has 2 aromatic heterocycles. The molecule has 0 aliphatic heterocycles. The van der Waals surface area contributed by atoms with Gasteiger partial charge in [-0.15, -0.1) is 0 Å². The fourth-order valence-electron chi connectivity index (χ4n) is 2.01. The number of hydrogen-bond donors (Lipinski definition) is 1. The van der Waals surface area contributed by atoms with Gasteiger partial charge < -0.3 is 5.32 Å². The Morgan fingerprint density at radius 3 is 2.71 bits per heavy atom. The van der Waals surface area contributed by atoms with E-state index in [9.17, 15) is 0 Å². The molecule has 1 N–H and O–H groups in total. The van der Waals surface area contributed by atoms with Gasteiger partial charge in [0.2, 0.25) is 0 Å². The minimum Gasteiger partial charge on any atom is -0.310 e. The first-order valence-electron chi connectivity index (χ1n) is 5.92. The molecule has 0 spiro atoms. The number of hydrogen-bond acceptors (Lipinski definition) is 3. The maximum atomic E-state index is 4.44. The monoisotopic (exact) mass is 230 g/mol. The van der Waals surface area contributed by atoms with Crippen molar-refractivity contribution >= 4 is 0 Å². The molecule has 0 radical (unpaired) electrons. The molecule has 2 rings (SSSR count). The van der Waals surface area contributed by atoms with Crippen LogP contribution in [0.4, 0.5) is 0 Å². The highest BCUT2D eigenvalue weighted by molar-refractivity contribution is 5.33. The van der Waals surface area contributed by atoms with E-state index in [1.807, 2.05) is 23.0 Å². The third kappa shape index (κ3) is 2.36. The van der Waals surface area contributed by atoms with Crippen LogP contribution in [0.1, 0.15) is 31.1 Å². The van der Waals surface area contributed by atoms with E-state index >= 15 is 0 Å². The van der Waals surface area contributed by atoms with Gasteiger partial charge in [-0.1, -0.05) is 6.92 Å². The molecule has 0 bridgehead atoms. The van der Waals surface area contributed by atoms with Crippen LogP contribution in [-0.4, -0.2) is 21.3 Å². The Hall–Kier alpha value is -1.68. The van der Waals surface area contributed by atoms with E-state index in [0.29, 0.717) is 6.04 Å². The average molecular weight is 230 g/mol. The number of rotatable bonds is 4. The molecule has 17 heavy (non-hydrogen) atoms. The van der Waals surface area contributed by atoms with Crippen LogP contribution in [0.15, 0.2) is 30.7 Å². The number of nitrogens with one attached hydrogen (secondary N) is 1. The third-order valence-electron chi connectivity index (χ3n) is 2.93. The fraction of sp³-hybridized carbons (Fsp3) is 0.385. The second-order valence-electron chi connectivity index (χ2n) is 4.08. The van der Waals surface area contributed by atoms with Crippen LogP contribution in [0.3, 0.4) is 0 Å². The third-order valence-corrected chi connectivity index (χ3v) is 2.93. The van der Waals surface area contributed by atoms with E-state index in [1.165, 1.54) is 11.3 Å². The lowest BCUT2D eigenvalue weighted by molar-refractivity contribution is 0.594. The van der Waals surface area contributed by atoms with Crippen molar-refractivity contribution < 1.29 is 0 Å². The fourth-order valence-corrected chi connectivity index (χ4v) is 2.01. The lowest BCUT2D eigenvalue weighted by atomic mass is 10.1. The van der Waals surface area contributed by atoms with Gasteiger partial charge in [0.05, 0.1) is 11.9 Å². The molecule has 0 aliphatic rings. The summed E-state index contributed by atoms with van der Waals surface area (Å²) >= 11 is 0. The van der Waals surface area contributed by atoms with Crippen LogP contribution >= 0.6 is 0 Å². The van der Waals surface area contributed by atoms with E-state index in [4.69, 9.17) is 0 Å². The summed E-state index contributed by atoms with van der Waals surface area (Å²) in [6, 6.07) is 4.25. The van der Waals surface area contributed by atoms with Crippen molar-refractivity contribution in [2.24, 2.45) is 0 Å². The van der Waals surface area contributed by atoms with Crippen LogP contribution in [0.5, 0.6) is 0 Å². The van der Waals surface area contributed by atoms with Crippen molar-refractivity contribution in [2.75, 3.05) is 6.54 Å².